The fourth-order valence-electron chi connectivity index (χ4n) is 2.86. The number of nitrogens with one attached hydrogen (secondary N) is 1. The maximum Gasteiger partial charge on any atom is 0.274 e. The third-order valence-corrected chi connectivity index (χ3v) is 6.03. The molecule has 2 aromatic heterocycles. The number of aryl methyl sites for hydroxylation is 1. The molecule has 0 aliphatic rings. The molecular weight excluding hydrogens is 430 g/mol. The van der Waals surface area contributed by atoms with Crippen molar-refractivity contribution in [3.8, 4) is 5.88 Å². The van der Waals surface area contributed by atoms with Crippen LogP contribution in [0.5, 0.6) is 5.88 Å². The van der Waals surface area contributed by atoms with Crippen molar-refractivity contribution in [2.24, 2.45) is 0 Å². The second kappa shape index (κ2) is 10.2. The van der Waals surface area contributed by atoms with Crippen molar-refractivity contribution in [1.29, 1.82) is 0 Å². The molecule has 1 N–H and O–H groups in total. The SMILES string of the molecule is CCN(CC)C(=O)c1cnc(NS(=O)(=O)c2ccc(C)cc2)c(OCc2cccnc2)n1. The molecule has 0 aliphatic carbocycles. The number of hydrogen-bond donors (Lipinski definition) is 1. The number of ether oxygens (including phenoxy) is 1. The molecule has 0 bridgehead atoms. The van der Waals surface area contributed by atoms with Crippen LogP contribution in [0.15, 0.2) is 59.9 Å². The summed E-state index contributed by atoms with van der Waals surface area (Å²) in [6.07, 6.45) is 4.49. The van der Waals surface area contributed by atoms with Gasteiger partial charge in [0.05, 0.1) is 11.1 Å². The second-order valence-corrected chi connectivity index (χ2v) is 8.64. The number of amides is 1. The maximum absolute atomic E-state index is 12.8. The molecule has 1 aromatic carbocycles. The molecule has 0 radical (unpaired) electrons. The zero-order valence-corrected chi connectivity index (χ0v) is 19.0. The molecule has 3 rings (SSSR count). The Kier molecular flexibility index (Phi) is 7.37. The van der Waals surface area contributed by atoms with E-state index in [1.807, 2.05) is 26.8 Å². The molecule has 0 fully saturated rings. The average Bonchev–Trinajstić information content (AvgIpc) is 2.80. The lowest BCUT2D eigenvalue weighted by Gasteiger charge is -2.19. The van der Waals surface area contributed by atoms with Crippen molar-refractivity contribution in [2.75, 3.05) is 17.8 Å². The van der Waals surface area contributed by atoms with Crippen LogP contribution >= 0.6 is 0 Å². The van der Waals surface area contributed by atoms with E-state index in [0.29, 0.717) is 13.1 Å². The number of nitrogens with zero attached hydrogens (tertiary/aromatic N) is 4. The van der Waals surface area contributed by atoms with Gasteiger partial charge in [0.1, 0.15) is 6.61 Å². The molecule has 1 amide bonds. The highest BCUT2D eigenvalue weighted by Gasteiger charge is 2.22. The molecular formula is C22H25N5O4S. The van der Waals surface area contributed by atoms with Gasteiger partial charge in [-0.05, 0) is 39.0 Å². The highest BCUT2D eigenvalue weighted by molar-refractivity contribution is 7.92. The van der Waals surface area contributed by atoms with Gasteiger partial charge in [0.15, 0.2) is 5.69 Å². The molecule has 168 valence electrons. The van der Waals surface area contributed by atoms with E-state index < -0.39 is 10.0 Å². The predicted octanol–water partition coefficient (Wildman–Crippen LogP) is 3.04. The van der Waals surface area contributed by atoms with Crippen LogP contribution in [0, 0.1) is 6.92 Å². The summed E-state index contributed by atoms with van der Waals surface area (Å²) >= 11 is 0. The zero-order chi connectivity index (χ0) is 23.1. The Morgan fingerprint density at radius 3 is 2.44 bits per heavy atom. The predicted molar refractivity (Wildman–Crippen MR) is 120 cm³/mol. The van der Waals surface area contributed by atoms with Crippen molar-refractivity contribution in [3.05, 3.63) is 71.8 Å². The maximum atomic E-state index is 12.8. The fraction of sp³-hybridized carbons (Fsp3) is 0.273. The molecule has 3 aromatic rings. The summed E-state index contributed by atoms with van der Waals surface area (Å²) in [5.74, 6) is -0.519. The lowest BCUT2D eigenvalue weighted by atomic mass is 10.2. The molecule has 32 heavy (non-hydrogen) atoms. The van der Waals surface area contributed by atoms with E-state index in [1.54, 1.807) is 35.5 Å². The minimum absolute atomic E-state index is 0.0631. The van der Waals surface area contributed by atoms with Gasteiger partial charge in [-0.2, -0.15) is 0 Å². The third kappa shape index (κ3) is 5.58. The van der Waals surface area contributed by atoms with Gasteiger partial charge in [-0.1, -0.05) is 23.8 Å². The van der Waals surface area contributed by atoms with E-state index in [-0.39, 0.29) is 34.8 Å². The summed E-state index contributed by atoms with van der Waals surface area (Å²) in [4.78, 5) is 26.8. The summed E-state index contributed by atoms with van der Waals surface area (Å²) in [5, 5.41) is 0. The third-order valence-electron chi connectivity index (χ3n) is 4.67. The molecule has 2 heterocycles. The number of anilines is 1. The quantitative estimate of drug-likeness (QED) is 0.527. The largest absolute Gasteiger partial charge is 0.470 e. The van der Waals surface area contributed by atoms with Gasteiger partial charge in [-0.25, -0.2) is 18.4 Å². The van der Waals surface area contributed by atoms with E-state index in [2.05, 4.69) is 19.7 Å². The van der Waals surface area contributed by atoms with Gasteiger partial charge in [0, 0.05) is 31.0 Å². The Morgan fingerprint density at radius 2 is 1.81 bits per heavy atom. The van der Waals surface area contributed by atoms with Crippen LogP contribution in [0.4, 0.5) is 5.82 Å². The average molecular weight is 456 g/mol. The first kappa shape index (κ1) is 23.1. The molecule has 0 saturated carbocycles. The lowest BCUT2D eigenvalue weighted by molar-refractivity contribution is 0.0765. The molecule has 10 heteroatoms. The van der Waals surface area contributed by atoms with Crippen molar-refractivity contribution in [3.63, 3.8) is 0 Å². The number of aromatic nitrogens is 3. The molecule has 9 nitrogen and oxygen atoms in total. The minimum atomic E-state index is -3.93. The summed E-state index contributed by atoms with van der Waals surface area (Å²) in [5.41, 5.74) is 1.75. The molecule has 0 spiro atoms. The van der Waals surface area contributed by atoms with Crippen molar-refractivity contribution >= 4 is 21.7 Å². The monoisotopic (exact) mass is 455 g/mol. The molecule has 0 unspecified atom stereocenters. The Balaban J connectivity index is 1.94. The van der Waals surface area contributed by atoms with Crippen molar-refractivity contribution in [2.45, 2.75) is 32.3 Å². The molecule has 0 saturated heterocycles. The van der Waals surface area contributed by atoms with Crippen LogP contribution in [0.25, 0.3) is 0 Å². The number of pyridine rings is 1. The van der Waals surface area contributed by atoms with Gasteiger partial charge >= 0.3 is 0 Å². The number of benzene rings is 1. The van der Waals surface area contributed by atoms with E-state index in [4.69, 9.17) is 4.74 Å². The number of carbonyl (C=O) groups is 1. The first-order chi connectivity index (χ1) is 15.3. The first-order valence-electron chi connectivity index (χ1n) is 10.1. The summed E-state index contributed by atoms with van der Waals surface area (Å²) in [6.45, 7) is 6.67. The minimum Gasteiger partial charge on any atom is -0.470 e. The number of hydrogen-bond acceptors (Lipinski definition) is 7. The number of rotatable bonds is 9. The van der Waals surface area contributed by atoms with E-state index in [9.17, 15) is 13.2 Å². The highest BCUT2D eigenvalue weighted by Crippen LogP contribution is 2.24. The van der Waals surface area contributed by atoms with Gasteiger partial charge < -0.3 is 9.64 Å². The molecule has 0 atom stereocenters. The van der Waals surface area contributed by atoms with E-state index in [0.717, 1.165) is 11.1 Å². The van der Waals surface area contributed by atoms with Crippen LogP contribution < -0.4 is 9.46 Å². The van der Waals surface area contributed by atoms with Gasteiger partial charge in [0.25, 0.3) is 21.8 Å². The first-order valence-corrected chi connectivity index (χ1v) is 11.6. The molecule has 0 aliphatic heterocycles. The highest BCUT2D eigenvalue weighted by atomic mass is 32.2. The van der Waals surface area contributed by atoms with Crippen molar-refractivity contribution in [1.82, 2.24) is 19.9 Å². The Hall–Kier alpha value is -3.53. The van der Waals surface area contributed by atoms with Gasteiger partial charge in [-0.15, -0.1) is 0 Å². The standard InChI is InChI=1S/C22H25N5O4S/c1-4-27(5-2)22(28)19-14-24-20(21(25-19)31-15-17-7-6-12-23-13-17)26-32(29,30)18-10-8-16(3)9-11-18/h6-14H,4-5,15H2,1-3H3,(H,24,26). The smallest absolute Gasteiger partial charge is 0.274 e. The van der Waals surface area contributed by atoms with Gasteiger partial charge in [-0.3, -0.25) is 14.5 Å². The van der Waals surface area contributed by atoms with Crippen LogP contribution in [0.3, 0.4) is 0 Å². The zero-order valence-electron chi connectivity index (χ0n) is 18.1. The number of sulfonamides is 1. The van der Waals surface area contributed by atoms with Crippen LogP contribution in [-0.2, 0) is 16.6 Å². The lowest BCUT2D eigenvalue weighted by Crippen LogP contribution is -2.31. The summed E-state index contributed by atoms with van der Waals surface area (Å²) < 4.78 is 33.8. The fourth-order valence-corrected chi connectivity index (χ4v) is 3.86. The van der Waals surface area contributed by atoms with Crippen molar-refractivity contribution < 1.29 is 17.9 Å². The van der Waals surface area contributed by atoms with Gasteiger partial charge in [0.2, 0.25) is 5.82 Å². The van der Waals surface area contributed by atoms with Crippen LogP contribution in [0.1, 0.15) is 35.5 Å². The van der Waals surface area contributed by atoms with E-state index in [1.165, 1.54) is 18.3 Å². The Bertz CT molecular complexity index is 1160. The Morgan fingerprint density at radius 1 is 1.09 bits per heavy atom. The summed E-state index contributed by atoms with van der Waals surface area (Å²) in [7, 11) is -3.93. The number of carbonyl (C=O) groups excluding carboxylic acids is 1. The normalized spacial score (nSPS) is 11.1. The van der Waals surface area contributed by atoms with Crippen LogP contribution in [0.2, 0.25) is 0 Å². The topological polar surface area (TPSA) is 114 Å². The second-order valence-electron chi connectivity index (χ2n) is 6.95. The summed E-state index contributed by atoms with van der Waals surface area (Å²) in [6, 6.07) is 9.96. The van der Waals surface area contributed by atoms with E-state index >= 15 is 0 Å². The van der Waals surface area contributed by atoms with Crippen LogP contribution in [-0.4, -0.2) is 47.3 Å². The Labute approximate surface area is 187 Å².